The Hall–Kier alpha value is -0.180. The summed E-state index contributed by atoms with van der Waals surface area (Å²) < 4.78 is 26.3. The average Bonchev–Trinajstić information content (AvgIpc) is 2.83. The Kier molecular flexibility index (Phi) is 3.26. The molecule has 2 saturated carbocycles. The minimum atomic E-state index is -2.38. The molecule has 1 atom stereocenters. The largest absolute Gasteiger partial charge is 0.312 e. The quantitative estimate of drug-likeness (QED) is 0.790. The summed E-state index contributed by atoms with van der Waals surface area (Å²) in [6, 6.07) is 0. The number of rotatable bonds is 4. The molecule has 0 saturated heterocycles. The predicted octanol–water partition coefficient (Wildman–Crippen LogP) is 3.98. The van der Waals surface area contributed by atoms with Crippen molar-refractivity contribution >= 4 is 0 Å². The van der Waals surface area contributed by atoms with Gasteiger partial charge in [-0.1, -0.05) is 0 Å². The van der Waals surface area contributed by atoms with E-state index in [0.29, 0.717) is 5.41 Å². The molecule has 1 unspecified atom stereocenters. The number of halogens is 2. The van der Waals surface area contributed by atoms with Crippen LogP contribution in [0.3, 0.4) is 0 Å². The number of alkyl halides is 2. The van der Waals surface area contributed by atoms with Crippen molar-refractivity contribution in [3.63, 3.8) is 0 Å². The Morgan fingerprint density at radius 3 is 2.24 bits per heavy atom. The summed E-state index contributed by atoms with van der Waals surface area (Å²) in [7, 11) is 0. The third kappa shape index (κ3) is 3.90. The van der Waals surface area contributed by atoms with Crippen molar-refractivity contribution in [2.24, 2.45) is 11.3 Å². The van der Waals surface area contributed by atoms with Crippen molar-refractivity contribution in [1.29, 1.82) is 0 Å². The zero-order valence-electron chi connectivity index (χ0n) is 11.3. The normalized spacial score (nSPS) is 30.5. The maximum atomic E-state index is 13.1. The van der Waals surface area contributed by atoms with Crippen LogP contribution >= 0.6 is 0 Å². The van der Waals surface area contributed by atoms with Gasteiger partial charge in [0.25, 0.3) is 0 Å². The van der Waals surface area contributed by atoms with Crippen LogP contribution in [-0.4, -0.2) is 18.0 Å². The standard InChI is InChI=1S/C14H25F2N/c1-12(2,3)17-10-13(6-7-13)8-11-4-5-14(15,16)9-11/h11,17H,4-10H2,1-3H3. The molecule has 2 fully saturated rings. The van der Waals surface area contributed by atoms with Gasteiger partial charge in [-0.05, 0) is 57.8 Å². The lowest BCUT2D eigenvalue weighted by Crippen LogP contribution is -2.40. The first kappa shape index (κ1) is 13.3. The van der Waals surface area contributed by atoms with Gasteiger partial charge < -0.3 is 5.32 Å². The summed E-state index contributed by atoms with van der Waals surface area (Å²) >= 11 is 0. The topological polar surface area (TPSA) is 12.0 Å². The Balaban J connectivity index is 1.79. The second-order valence-corrected chi connectivity index (χ2v) is 7.27. The summed E-state index contributed by atoms with van der Waals surface area (Å²) in [5.74, 6) is -2.12. The third-order valence-electron chi connectivity index (χ3n) is 4.18. The molecule has 1 N–H and O–H groups in total. The SMILES string of the molecule is CC(C)(C)NCC1(CC2CCC(F)(F)C2)CC1. The van der Waals surface area contributed by atoms with Gasteiger partial charge in [0.1, 0.15) is 0 Å². The van der Waals surface area contributed by atoms with Crippen LogP contribution in [0.5, 0.6) is 0 Å². The van der Waals surface area contributed by atoms with Gasteiger partial charge >= 0.3 is 0 Å². The van der Waals surface area contributed by atoms with Crippen LogP contribution in [0.2, 0.25) is 0 Å². The molecule has 0 aromatic rings. The molecule has 1 nitrogen and oxygen atoms in total. The molecule has 0 heterocycles. The van der Waals surface area contributed by atoms with Crippen LogP contribution in [0.4, 0.5) is 8.78 Å². The van der Waals surface area contributed by atoms with E-state index in [-0.39, 0.29) is 24.3 Å². The summed E-state index contributed by atoms with van der Waals surface area (Å²) in [5.41, 5.74) is 0.480. The van der Waals surface area contributed by atoms with E-state index in [0.717, 1.165) is 19.4 Å². The lowest BCUT2D eigenvalue weighted by atomic mass is 9.90. The van der Waals surface area contributed by atoms with Crippen molar-refractivity contribution < 1.29 is 8.78 Å². The number of hydrogen-bond acceptors (Lipinski definition) is 1. The Labute approximate surface area is 103 Å². The maximum absolute atomic E-state index is 13.1. The molecule has 2 aliphatic rings. The van der Waals surface area contributed by atoms with Gasteiger partial charge in [-0.25, -0.2) is 8.78 Å². The van der Waals surface area contributed by atoms with Gasteiger partial charge in [-0.15, -0.1) is 0 Å². The molecular formula is C14H25F2N. The van der Waals surface area contributed by atoms with Gasteiger partial charge in [-0.3, -0.25) is 0 Å². The zero-order chi connectivity index (χ0) is 12.7. The van der Waals surface area contributed by atoms with E-state index in [2.05, 4.69) is 26.1 Å². The van der Waals surface area contributed by atoms with Crippen LogP contribution in [-0.2, 0) is 0 Å². The van der Waals surface area contributed by atoms with E-state index >= 15 is 0 Å². The summed E-state index contributed by atoms with van der Waals surface area (Å²) in [4.78, 5) is 0. The molecule has 17 heavy (non-hydrogen) atoms. The van der Waals surface area contributed by atoms with Gasteiger partial charge in [0.05, 0.1) is 0 Å². The van der Waals surface area contributed by atoms with Crippen LogP contribution in [0.25, 0.3) is 0 Å². The van der Waals surface area contributed by atoms with E-state index in [1.54, 1.807) is 0 Å². The minimum Gasteiger partial charge on any atom is -0.312 e. The Morgan fingerprint density at radius 2 is 1.82 bits per heavy atom. The first-order chi connectivity index (χ1) is 7.70. The predicted molar refractivity (Wildman–Crippen MR) is 66.3 cm³/mol. The highest BCUT2D eigenvalue weighted by atomic mass is 19.3. The summed E-state index contributed by atoms with van der Waals surface area (Å²) in [5, 5.41) is 3.53. The zero-order valence-corrected chi connectivity index (χ0v) is 11.3. The van der Waals surface area contributed by atoms with E-state index in [9.17, 15) is 8.78 Å². The molecular weight excluding hydrogens is 220 g/mol. The fourth-order valence-corrected chi connectivity index (χ4v) is 2.91. The van der Waals surface area contributed by atoms with E-state index in [4.69, 9.17) is 0 Å². The van der Waals surface area contributed by atoms with Crippen molar-refractivity contribution in [3.05, 3.63) is 0 Å². The first-order valence-corrected chi connectivity index (χ1v) is 6.83. The molecule has 2 rings (SSSR count). The monoisotopic (exact) mass is 245 g/mol. The third-order valence-corrected chi connectivity index (χ3v) is 4.18. The van der Waals surface area contributed by atoms with Crippen molar-refractivity contribution in [2.75, 3.05) is 6.54 Å². The Bertz CT molecular complexity index is 276. The lowest BCUT2D eigenvalue weighted by Gasteiger charge is -2.26. The van der Waals surface area contributed by atoms with Crippen LogP contribution in [0.1, 0.15) is 59.3 Å². The molecule has 2 aliphatic carbocycles. The van der Waals surface area contributed by atoms with Crippen LogP contribution < -0.4 is 5.32 Å². The van der Waals surface area contributed by atoms with Crippen molar-refractivity contribution in [1.82, 2.24) is 5.32 Å². The molecule has 0 aromatic carbocycles. The molecule has 0 bridgehead atoms. The summed E-state index contributed by atoms with van der Waals surface area (Å²) in [6.07, 6.45) is 4.41. The maximum Gasteiger partial charge on any atom is 0.248 e. The van der Waals surface area contributed by atoms with Crippen molar-refractivity contribution in [3.8, 4) is 0 Å². The minimum absolute atomic E-state index is 0.112. The smallest absolute Gasteiger partial charge is 0.248 e. The number of nitrogens with one attached hydrogen (secondary N) is 1. The first-order valence-electron chi connectivity index (χ1n) is 6.83. The van der Waals surface area contributed by atoms with Crippen LogP contribution in [0.15, 0.2) is 0 Å². The van der Waals surface area contributed by atoms with E-state index in [1.807, 2.05) is 0 Å². The molecule has 0 radical (unpaired) electrons. The van der Waals surface area contributed by atoms with E-state index < -0.39 is 5.92 Å². The van der Waals surface area contributed by atoms with Crippen LogP contribution in [0, 0.1) is 11.3 Å². The molecule has 100 valence electrons. The molecule has 0 amide bonds. The Morgan fingerprint density at radius 1 is 1.18 bits per heavy atom. The second kappa shape index (κ2) is 4.18. The molecule has 3 heteroatoms. The average molecular weight is 245 g/mol. The van der Waals surface area contributed by atoms with Crippen molar-refractivity contribution in [2.45, 2.75) is 70.8 Å². The van der Waals surface area contributed by atoms with Gasteiger partial charge in [0, 0.05) is 24.9 Å². The lowest BCUT2D eigenvalue weighted by molar-refractivity contribution is 0.00379. The molecule has 0 aliphatic heterocycles. The van der Waals surface area contributed by atoms with Gasteiger partial charge in [0.2, 0.25) is 5.92 Å². The van der Waals surface area contributed by atoms with Gasteiger partial charge in [0.15, 0.2) is 0 Å². The number of hydrogen-bond donors (Lipinski definition) is 1. The van der Waals surface area contributed by atoms with Gasteiger partial charge in [-0.2, -0.15) is 0 Å². The fraction of sp³-hybridized carbons (Fsp3) is 1.00. The molecule has 0 aromatic heterocycles. The highest BCUT2D eigenvalue weighted by Gasteiger charge is 2.48. The molecule has 0 spiro atoms. The fourth-order valence-electron chi connectivity index (χ4n) is 2.91. The van der Waals surface area contributed by atoms with E-state index in [1.165, 1.54) is 12.8 Å². The highest BCUT2D eigenvalue weighted by Crippen LogP contribution is 2.54. The second-order valence-electron chi connectivity index (χ2n) is 7.27. The summed E-state index contributed by atoms with van der Waals surface area (Å²) in [6.45, 7) is 7.48. The highest BCUT2D eigenvalue weighted by molar-refractivity contribution is 4.99.